The first-order valence-electron chi connectivity index (χ1n) is 15.1. The van der Waals surface area contributed by atoms with Crippen molar-refractivity contribution >= 4 is 5.97 Å². The number of hydrogen-bond donors (Lipinski definition) is 1. The van der Waals surface area contributed by atoms with Crippen molar-refractivity contribution in [3.63, 3.8) is 0 Å². The van der Waals surface area contributed by atoms with Crippen LogP contribution in [0.15, 0.2) is 12.7 Å². The van der Waals surface area contributed by atoms with Crippen molar-refractivity contribution in [1.29, 1.82) is 0 Å². The summed E-state index contributed by atoms with van der Waals surface area (Å²) in [5.41, 5.74) is 0. The molecule has 0 aliphatic heterocycles. The largest absolute Gasteiger partial charge is 0.480 e. The number of carbonyl (C=O) groups is 1. The van der Waals surface area contributed by atoms with Gasteiger partial charge in [0.05, 0.1) is 165 Å². The lowest BCUT2D eigenvalue weighted by atomic mass is 10.6. The quantitative estimate of drug-likeness (QED) is 0.0725. The van der Waals surface area contributed by atoms with Crippen LogP contribution in [-0.4, -0.2) is 183 Å². The molecule has 262 valence electrons. The van der Waals surface area contributed by atoms with E-state index in [1.807, 2.05) is 0 Å². The minimum atomic E-state index is -0.997. The predicted octanol–water partition coefficient (Wildman–Crippen LogP) is 0.473. The maximum Gasteiger partial charge on any atom is 0.329 e. The van der Waals surface area contributed by atoms with Crippen LogP contribution in [0.1, 0.15) is 0 Å². The maximum absolute atomic E-state index is 10.3. The van der Waals surface area contributed by atoms with Crippen molar-refractivity contribution in [3.05, 3.63) is 12.7 Å². The van der Waals surface area contributed by atoms with Gasteiger partial charge in [-0.2, -0.15) is 0 Å². The van der Waals surface area contributed by atoms with Gasteiger partial charge in [0, 0.05) is 0 Å². The van der Waals surface area contributed by atoms with Crippen molar-refractivity contribution in [2.45, 2.75) is 0 Å². The molecule has 0 rings (SSSR count). The molecular weight excluding hydrogens is 588 g/mol. The first-order valence-corrected chi connectivity index (χ1v) is 15.1. The van der Waals surface area contributed by atoms with Crippen molar-refractivity contribution in [2.24, 2.45) is 0 Å². The third-order valence-corrected chi connectivity index (χ3v) is 4.93. The van der Waals surface area contributed by atoms with E-state index in [1.54, 1.807) is 6.08 Å². The lowest BCUT2D eigenvalue weighted by molar-refractivity contribution is -0.142. The molecule has 0 radical (unpaired) electrons. The fourth-order valence-corrected chi connectivity index (χ4v) is 2.86. The van der Waals surface area contributed by atoms with E-state index in [0.29, 0.717) is 159 Å². The average molecular weight is 645 g/mol. The molecule has 0 aliphatic rings. The first-order chi connectivity index (χ1) is 21.8. The molecule has 0 aromatic heterocycles. The summed E-state index contributed by atoms with van der Waals surface area (Å²) in [6.45, 7) is 15.2. The molecule has 0 saturated carbocycles. The van der Waals surface area contributed by atoms with E-state index >= 15 is 0 Å². The number of hydrogen-bond acceptors (Lipinski definition) is 14. The van der Waals surface area contributed by atoms with Gasteiger partial charge in [-0.25, -0.2) is 4.79 Å². The van der Waals surface area contributed by atoms with Crippen LogP contribution in [0.4, 0.5) is 0 Å². The second-order valence-electron chi connectivity index (χ2n) is 8.55. The summed E-state index contributed by atoms with van der Waals surface area (Å²) in [4.78, 5) is 10.3. The van der Waals surface area contributed by atoms with Crippen LogP contribution in [0, 0.1) is 0 Å². The number of rotatable bonds is 40. The summed E-state index contributed by atoms with van der Waals surface area (Å²) in [6, 6.07) is 0. The second kappa shape index (κ2) is 39.7. The third-order valence-electron chi connectivity index (χ3n) is 4.93. The van der Waals surface area contributed by atoms with Gasteiger partial charge in [0.1, 0.15) is 6.61 Å². The summed E-state index contributed by atoms with van der Waals surface area (Å²) in [7, 11) is 0. The average Bonchev–Trinajstić information content (AvgIpc) is 3.02. The van der Waals surface area contributed by atoms with Gasteiger partial charge in [-0.15, -0.1) is 6.58 Å². The van der Waals surface area contributed by atoms with Gasteiger partial charge in [-0.3, -0.25) is 0 Å². The molecular formula is C29H56O15. The second-order valence-corrected chi connectivity index (χ2v) is 8.55. The maximum atomic E-state index is 10.3. The number of carboxylic acid groups (broad SMARTS) is 1. The van der Waals surface area contributed by atoms with Crippen LogP contribution < -0.4 is 0 Å². The van der Waals surface area contributed by atoms with Crippen molar-refractivity contribution < 1.29 is 71.5 Å². The highest BCUT2D eigenvalue weighted by atomic mass is 16.6. The van der Waals surface area contributed by atoms with E-state index in [1.165, 1.54) is 0 Å². The van der Waals surface area contributed by atoms with Crippen molar-refractivity contribution in [3.8, 4) is 0 Å². The van der Waals surface area contributed by atoms with E-state index in [4.69, 9.17) is 66.7 Å². The van der Waals surface area contributed by atoms with Crippen LogP contribution >= 0.6 is 0 Å². The SMILES string of the molecule is C=CCOCCOCCOCCOCCOCCOCCOCCOCCOCCOCCOCCOCCOCC(=O)O. The molecule has 15 nitrogen and oxygen atoms in total. The van der Waals surface area contributed by atoms with Crippen LogP contribution in [-0.2, 0) is 66.4 Å². The highest BCUT2D eigenvalue weighted by molar-refractivity contribution is 5.67. The zero-order chi connectivity index (χ0) is 31.9. The van der Waals surface area contributed by atoms with Crippen LogP contribution in [0.3, 0.4) is 0 Å². The molecule has 0 saturated heterocycles. The molecule has 0 amide bonds. The lowest BCUT2D eigenvalue weighted by Gasteiger charge is -2.09. The summed E-state index contributed by atoms with van der Waals surface area (Å²) in [6.07, 6.45) is 1.71. The summed E-state index contributed by atoms with van der Waals surface area (Å²) < 4.78 is 69.5. The molecule has 0 spiro atoms. The van der Waals surface area contributed by atoms with Gasteiger partial charge in [0.25, 0.3) is 0 Å². The molecule has 0 fully saturated rings. The zero-order valence-electron chi connectivity index (χ0n) is 26.3. The number of aliphatic carboxylic acids is 1. The van der Waals surface area contributed by atoms with Gasteiger partial charge in [0.2, 0.25) is 0 Å². The van der Waals surface area contributed by atoms with Crippen molar-refractivity contribution in [1.82, 2.24) is 0 Å². The fraction of sp³-hybridized carbons (Fsp3) is 0.897. The monoisotopic (exact) mass is 644 g/mol. The first kappa shape index (κ1) is 42.7. The third kappa shape index (κ3) is 40.7. The highest BCUT2D eigenvalue weighted by Crippen LogP contribution is 1.87. The Morgan fingerprint density at radius 1 is 0.364 bits per heavy atom. The lowest BCUT2D eigenvalue weighted by Crippen LogP contribution is -2.15. The van der Waals surface area contributed by atoms with Gasteiger partial charge in [-0.1, -0.05) is 6.08 Å². The minimum Gasteiger partial charge on any atom is -0.480 e. The van der Waals surface area contributed by atoms with E-state index < -0.39 is 5.97 Å². The van der Waals surface area contributed by atoms with Gasteiger partial charge in [0.15, 0.2) is 0 Å². The predicted molar refractivity (Wildman–Crippen MR) is 158 cm³/mol. The molecule has 15 heteroatoms. The Morgan fingerprint density at radius 3 is 0.727 bits per heavy atom. The van der Waals surface area contributed by atoms with Crippen LogP contribution in [0.25, 0.3) is 0 Å². The van der Waals surface area contributed by atoms with E-state index in [-0.39, 0.29) is 13.2 Å². The minimum absolute atomic E-state index is 0.240. The zero-order valence-corrected chi connectivity index (χ0v) is 26.3. The Kier molecular flexibility index (Phi) is 38.5. The Balaban J connectivity index is 3.04. The number of carboxylic acids is 1. The Hall–Kier alpha value is -1.31. The molecule has 0 aliphatic carbocycles. The molecule has 0 aromatic rings. The van der Waals surface area contributed by atoms with Crippen LogP contribution in [0.5, 0.6) is 0 Å². The summed E-state index contributed by atoms with van der Waals surface area (Å²) in [5.74, 6) is -0.997. The van der Waals surface area contributed by atoms with Gasteiger partial charge in [-0.05, 0) is 0 Å². The Labute approximate surface area is 262 Å². The highest BCUT2D eigenvalue weighted by Gasteiger charge is 1.98. The summed E-state index contributed by atoms with van der Waals surface area (Å²) >= 11 is 0. The molecule has 0 atom stereocenters. The van der Waals surface area contributed by atoms with E-state index in [9.17, 15) is 4.79 Å². The smallest absolute Gasteiger partial charge is 0.329 e. The summed E-state index contributed by atoms with van der Waals surface area (Å²) in [5, 5.41) is 8.42. The van der Waals surface area contributed by atoms with E-state index in [2.05, 4.69) is 6.58 Å². The number of ether oxygens (including phenoxy) is 13. The Bertz CT molecular complexity index is 571. The van der Waals surface area contributed by atoms with Crippen molar-refractivity contribution in [2.75, 3.05) is 172 Å². The molecule has 1 N–H and O–H groups in total. The molecule has 0 unspecified atom stereocenters. The fourth-order valence-electron chi connectivity index (χ4n) is 2.86. The molecule has 44 heavy (non-hydrogen) atoms. The molecule has 0 bridgehead atoms. The van der Waals surface area contributed by atoms with Gasteiger partial charge >= 0.3 is 5.97 Å². The molecule has 0 aromatic carbocycles. The van der Waals surface area contributed by atoms with Gasteiger partial charge < -0.3 is 66.7 Å². The molecule has 0 heterocycles. The topological polar surface area (TPSA) is 157 Å². The van der Waals surface area contributed by atoms with Crippen LogP contribution in [0.2, 0.25) is 0 Å². The normalized spacial score (nSPS) is 11.4. The van der Waals surface area contributed by atoms with E-state index in [0.717, 1.165) is 0 Å². The Morgan fingerprint density at radius 2 is 0.545 bits per heavy atom. The standard InChI is InChI=1S/C29H56O15/c1-2-3-32-4-5-33-6-7-34-8-9-35-10-11-36-12-13-37-14-15-38-16-17-39-18-19-40-20-21-41-22-23-42-24-25-43-26-27-44-28-29(30)31/h2H,1,3-28H2,(H,30,31).